The summed E-state index contributed by atoms with van der Waals surface area (Å²) in [6.07, 6.45) is 0. The van der Waals surface area contributed by atoms with Gasteiger partial charge in [-0.25, -0.2) is 8.42 Å². The van der Waals surface area contributed by atoms with Crippen molar-refractivity contribution >= 4 is 77.4 Å². The van der Waals surface area contributed by atoms with Crippen molar-refractivity contribution in [1.82, 2.24) is 0 Å². The maximum Gasteiger partial charge on any atom is 1.00 e. The van der Waals surface area contributed by atoms with E-state index >= 15 is 0 Å². The molecule has 0 heterocycles. The third kappa shape index (κ3) is 11.0. The van der Waals surface area contributed by atoms with Crippen LogP contribution in [0.4, 0.5) is 34.1 Å². The van der Waals surface area contributed by atoms with Gasteiger partial charge in [0.2, 0.25) is 11.8 Å². The van der Waals surface area contributed by atoms with Gasteiger partial charge >= 0.3 is 48.3 Å². The van der Waals surface area contributed by atoms with Crippen LogP contribution in [0.25, 0.3) is 10.8 Å². The number of phenols is 1. The normalized spacial score (nSPS) is 10.8. The fourth-order valence-electron chi connectivity index (χ4n) is 3.71. The van der Waals surface area contributed by atoms with Gasteiger partial charge in [0.05, 0.1) is 18.5 Å². The molecule has 0 aliphatic carbocycles. The smallest absolute Gasteiger partial charge is 0.744 e. The Labute approximate surface area is 292 Å². The minimum absolute atomic E-state index is 0. The van der Waals surface area contributed by atoms with Crippen LogP contribution in [0.3, 0.4) is 0 Å². The average Bonchev–Trinajstić information content (AvgIpc) is 2.95. The van der Waals surface area contributed by atoms with Crippen LogP contribution in [0.2, 0.25) is 0 Å². The molecule has 0 spiro atoms. The average molecular weight is 670 g/mol. The van der Waals surface area contributed by atoms with Gasteiger partial charge in [-0.3, -0.25) is 9.59 Å². The molecule has 4 aromatic carbocycles. The first-order valence-electron chi connectivity index (χ1n) is 12.0. The van der Waals surface area contributed by atoms with Crippen molar-refractivity contribution in [1.29, 1.82) is 0 Å². The molecule has 47 heavy (non-hydrogen) atoms. The number of azo groups is 2. The number of nitrogens with one attached hydrogen (secondary N) is 1. The maximum atomic E-state index is 11.9. The van der Waals surface area contributed by atoms with E-state index in [9.17, 15) is 27.7 Å². The van der Waals surface area contributed by atoms with Crippen molar-refractivity contribution in [2.75, 3.05) is 18.2 Å². The molecule has 6 N–H and O–H groups in total. The molecule has 21 heteroatoms. The van der Waals surface area contributed by atoms with Gasteiger partial charge in [0.25, 0.3) is 0 Å². The zero-order valence-electron chi connectivity index (χ0n) is 25.1. The number of phenolic OH excluding ortho intramolecular Hbond substituents is 1. The number of methoxy groups -OCH3 is 1. The van der Waals surface area contributed by atoms with Crippen molar-refractivity contribution in [3.05, 3.63) is 66.2 Å². The molecule has 0 unspecified atom stereocenters. The van der Waals surface area contributed by atoms with Gasteiger partial charge < -0.3 is 31.2 Å². The van der Waals surface area contributed by atoms with Crippen LogP contribution in [0, 0.1) is 6.07 Å². The molecule has 4 rings (SSSR count). The summed E-state index contributed by atoms with van der Waals surface area (Å²) in [6, 6.07) is 15.0. The summed E-state index contributed by atoms with van der Waals surface area (Å²) in [7, 11) is -6.52. The zero-order chi connectivity index (χ0) is 33.5. The van der Waals surface area contributed by atoms with E-state index < -0.39 is 43.2 Å². The number of fused-ring (bicyclic) bond motifs is 1. The number of primary amides is 1. The van der Waals surface area contributed by atoms with Crippen molar-refractivity contribution in [3.8, 4) is 11.5 Å². The number of anilines is 2. The molecule has 0 aliphatic rings. The SMILES string of the molecule is COc1cc(N=Nc2cccc(C(N)=O)c2)c(NC(C)=O)cc1N=Nc1[c-]cc2cc(S(=O)(=O)[O-])cc(N)c2c1O.O=S(=O)=O.[Li+].[Li+]. The number of nitrogen functional groups attached to an aromatic ring is 1. The summed E-state index contributed by atoms with van der Waals surface area (Å²) in [5, 5.41) is 29.9. The Morgan fingerprint density at radius 2 is 1.64 bits per heavy atom. The van der Waals surface area contributed by atoms with Crippen LogP contribution in [-0.4, -0.2) is 49.6 Å². The summed E-state index contributed by atoms with van der Waals surface area (Å²) in [6.45, 7) is 1.29. The Hall–Kier alpha value is -4.60. The van der Waals surface area contributed by atoms with Crippen molar-refractivity contribution in [2.45, 2.75) is 11.8 Å². The van der Waals surface area contributed by atoms with E-state index in [-0.39, 0.29) is 88.2 Å². The number of amides is 2. The molecule has 0 saturated heterocycles. The minimum Gasteiger partial charge on any atom is -0.744 e. The molecule has 0 bridgehead atoms. The van der Waals surface area contributed by atoms with Crippen LogP contribution in [0.5, 0.6) is 11.5 Å². The minimum atomic E-state index is -4.78. The standard InChI is InChI=1S/C26H22N7O7S.2Li.O3S/c1-13(34)29-20-11-22(23(40-2)12-21(20)32-30-16-5-3-4-15(8-16)26(28)36)33-31-19-7-6-14-9-17(41(37,38)39)10-18(27)24(14)25(19)35;;;1-4(2)3/h3-6,8-12,35H,27H2,1-2H3,(H2,28,36)(H,29,34)(H,37,38,39);;;/q-1;2*+1;/p-1. The van der Waals surface area contributed by atoms with Gasteiger partial charge in [0.15, 0.2) is 0 Å². The Morgan fingerprint density at radius 1 is 1.00 bits per heavy atom. The monoisotopic (exact) mass is 669 g/mol. The molecule has 234 valence electrons. The zero-order valence-corrected chi connectivity index (χ0v) is 26.7. The van der Waals surface area contributed by atoms with Crippen LogP contribution in [0.15, 0.2) is 79.9 Å². The Balaban J connectivity index is 0.00000174. The van der Waals surface area contributed by atoms with E-state index in [1.807, 2.05) is 0 Å². The van der Waals surface area contributed by atoms with Crippen LogP contribution < -0.4 is 59.2 Å². The predicted molar refractivity (Wildman–Crippen MR) is 157 cm³/mol. The fourth-order valence-corrected chi connectivity index (χ4v) is 4.25. The maximum absolute atomic E-state index is 11.9. The second-order valence-corrected chi connectivity index (χ2v) is 10.4. The van der Waals surface area contributed by atoms with Gasteiger partial charge in [0, 0.05) is 40.6 Å². The van der Waals surface area contributed by atoms with E-state index in [1.165, 1.54) is 44.4 Å². The topological polar surface area (TPSA) is 286 Å². The summed E-state index contributed by atoms with van der Waals surface area (Å²) in [5.74, 6) is -1.33. The van der Waals surface area contributed by atoms with Crippen LogP contribution in [0.1, 0.15) is 17.3 Å². The fraction of sp³-hybridized carbons (Fsp3) is 0.0769. The van der Waals surface area contributed by atoms with Gasteiger partial charge in [-0.2, -0.15) is 22.4 Å². The molecule has 0 aromatic heterocycles. The first-order chi connectivity index (χ1) is 21.1. The number of carbonyl (C=O) groups is 2. The second kappa shape index (κ2) is 17.4. The van der Waals surface area contributed by atoms with E-state index in [1.54, 1.807) is 12.1 Å². The molecular formula is C26H21Li2N7O10S2. The van der Waals surface area contributed by atoms with E-state index in [0.717, 1.165) is 12.1 Å². The number of hydrogen-bond acceptors (Lipinski definition) is 15. The number of carbonyl (C=O) groups excluding carboxylic acids is 2. The largest absolute Gasteiger partial charge is 1.00 e. The van der Waals surface area contributed by atoms with Crippen molar-refractivity contribution in [2.24, 2.45) is 26.2 Å². The number of nitrogens with two attached hydrogens (primary N) is 2. The molecule has 0 aliphatic heterocycles. The quantitative estimate of drug-likeness (QED) is 0.0510. The molecular weight excluding hydrogens is 648 g/mol. The van der Waals surface area contributed by atoms with E-state index in [2.05, 4.69) is 31.8 Å². The van der Waals surface area contributed by atoms with Gasteiger partial charge in [0.1, 0.15) is 27.2 Å². The molecule has 17 nitrogen and oxygen atoms in total. The van der Waals surface area contributed by atoms with E-state index in [0.29, 0.717) is 5.69 Å². The van der Waals surface area contributed by atoms with Gasteiger partial charge in [-0.15, -0.1) is 28.2 Å². The first kappa shape index (κ1) is 40.4. The third-order valence-electron chi connectivity index (χ3n) is 5.56. The number of ether oxygens (including phenoxy) is 1. The number of hydrogen-bond donors (Lipinski definition) is 4. The Bertz CT molecular complexity index is 2110. The summed E-state index contributed by atoms with van der Waals surface area (Å²) in [4.78, 5) is 22.8. The molecule has 0 radical (unpaired) electrons. The third-order valence-corrected chi connectivity index (χ3v) is 6.37. The number of rotatable bonds is 8. The molecule has 2 amide bonds. The molecule has 0 atom stereocenters. The first-order valence-corrected chi connectivity index (χ1v) is 14.4. The Morgan fingerprint density at radius 3 is 2.21 bits per heavy atom. The van der Waals surface area contributed by atoms with Crippen molar-refractivity contribution < 1.29 is 82.8 Å². The van der Waals surface area contributed by atoms with Crippen LogP contribution in [-0.2, 0) is 25.5 Å². The Kier molecular flexibility index (Phi) is 14.9. The number of aromatic hydroxyl groups is 1. The molecule has 0 saturated carbocycles. The van der Waals surface area contributed by atoms with E-state index in [4.69, 9.17) is 28.8 Å². The molecule has 4 aromatic rings. The number of benzene rings is 4. The van der Waals surface area contributed by atoms with Gasteiger partial charge in [-0.1, -0.05) is 17.5 Å². The summed E-state index contributed by atoms with van der Waals surface area (Å²) >= 11 is 0. The van der Waals surface area contributed by atoms with Crippen molar-refractivity contribution in [3.63, 3.8) is 0 Å². The molecule has 0 fully saturated rings. The summed E-state index contributed by atoms with van der Waals surface area (Å²) in [5.41, 5.74) is 12.0. The second-order valence-electron chi connectivity index (χ2n) is 8.66. The van der Waals surface area contributed by atoms with Crippen LogP contribution >= 0.6 is 0 Å². The van der Waals surface area contributed by atoms with Gasteiger partial charge in [-0.05, 0) is 30.3 Å². The summed E-state index contributed by atoms with van der Waals surface area (Å²) < 4.78 is 64.9. The number of nitrogens with zero attached hydrogens (tertiary/aromatic N) is 4. The predicted octanol–water partition coefficient (Wildman–Crippen LogP) is -2.27.